The molecule has 102 valence electrons. The van der Waals surface area contributed by atoms with Gasteiger partial charge in [-0.3, -0.25) is 0 Å². The molecular formula is C15H19BrN2S. The highest BCUT2D eigenvalue weighted by molar-refractivity contribution is 9.10. The van der Waals surface area contributed by atoms with Crippen LogP contribution in [0.4, 0.5) is 0 Å². The van der Waals surface area contributed by atoms with Crippen molar-refractivity contribution in [3.63, 3.8) is 0 Å². The molecule has 19 heavy (non-hydrogen) atoms. The van der Waals surface area contributed by atoms with E-state index in [1.165, 1.54) is 35.4 Å². The Bertz CT molecular complexity index is 585. The van der Waals surface area contributed by atoms with Crippen LogP contribution in [0, 0.1) is 5.92 Å². The molecule has 0 spiro atoms. The van der Waals surface area contributed by atoms with Gasteiger partial charge < -0.3 is 5.73 Å². The molecular weight excluding hydrogens is 320 g/mol. The van der Waals surface area contributed by atoms with E-state index >= 15 is 0 Å². The molecule has 1 aromatic heterocycles. The summed E-state index contributed by atoms with van der Waals surface area (Å²) in [5.41, 5.74) is 7.36. The summed E-state index contributed by atoms with van der Waals surface area (Å²) in [6, 6.07) is 6.31. The molecule has 3 rings (SSSR count). The summed E-state index contributed by atoms with van der Waals surface area (Å²) in [4.78, 5) is 4.86. The number of rotatable bonds is 2. The largest absolute Gasteiger partial charge is 0.329 e. The number of halogens is 1. The van der Waals surface area contributed by atoms with Crippen LogP contribution in [0.2, 0.25) is 0 Å². The number of benzene rings is 1. The summed E-state index contributed by atoms with van der Waals surface area (Å²) in [7, 11) is 0. The number of nitrogens with two attached hydrogens (primary N) is 1. The van der Waals surface area contributed by atoms with Gasteiger partial charge in [-0.2, -0.15) is 0 Å². The first-order valence-electron chi connectivity index (χ1n) is 6.90. The normalized spacial score (nSPS) is 27.8. The van der Waals surface area contributed by atoms with Crippen LogP contribution in [0.25, 0.3) is 10.2 Å². The summed E-state index contributed by atoms with van der Waals surface area (Å²) in [6.45, 7) is 3.07. The molecule has 4 heteroatoms. The summed E-state index contributed by atoms with van der Waals surface area (Å²) >= 11 is 5.35. The monoisotopic (exact) mass is 338 g/mol. The maximum absolute atomic E-state index is 6.12. The molecule has 1 heterocycles. The maximum atomic E-state index is 6.12. The number of hydrogen-bond acceptors (Lipinski definition) is 3. The first kappa shape index (κ1) is 13.5. The van der Waals surface area contributed by atoms with E-state index in [0.717, 1.165) is 22.5 Å². The molecule has 0 radical (unpaired) electrons. The molecule has 0 amide bonds. The van der Waals surface area contributed by atoms with Crippen molar-refractivity contribution in [2.24, 2.45) is 11.7 Å². The van der Waals surface area contributed by atoms with Crippen LogP contribution >= 0.6 is 27.3 Å². The van der Waals surface area contributed by atoms with Gasteiger partial charge >= 0.3 is 0 Å². The van der Waals surface area contributed by atoms with E-state index < -0.39 is 0 Å². The third-order valence-corrected chi connectivity index (χ3v) is 6.18. The van der Waals surface area contributed by atoms with Crippen molar-refractivity contribution < 1.29 is 0 Å². The van der Waals surface area contributed by atoms with Gasteiger partial charge in [-0.1, -0.05) is 22.9 Å². The van der Waals surface area contributed by atoms with Crippen molar-refractivity contribution >= 4 is 37.5 Å². The van der Waals surface area contributed by atoms with E-state index in [-0.39, 0.29) is 5.41 Å². The molecule has 2 N–H and O–H groups in total. The third-order valence-electron chi connectivity index (χ3n) is 4.43. The van der Waals surface area contributed by atoms with Crippen LogP contribution in [0.1, 0.15) is 37.6 Å². The van der Waals surface area contributed by atoms with Crippen LogP contribution in [0.3, 0.4) is 0 Å². The lowest BCUT2D eigenvalue weighted by Gasteiger charge is -2.36. The van der Waals surface area contributed by atoms with E-state index in [2.05, 4.69) is 41.1 Å². The SMILES string of the molecule is CC1CCC(CN)(c2nc3ccc(Br)cc3s2)CC1. The smallest absolute Gasteiger partial charge is 0.101 e. The standard InChI is InChI=1S/C15H19BrN2S/c1-10-4-6-15(9-17,7-5-10)14-18-12-3-2-11(16)8-13(12)19-14/h2-3,8,10H,4-7,9,17H2,1H3. The van der Waals surface area contributed by atoms with E-state index in [0.29, 0.717) is 0 Å². The van der Waals surface area contributed by atoms with Crippen LogP contribution in [0.15, 0.2) is 22.7 Å². The molecule has 1 fully saturated rings. The minimum Gasteiger partial charge on any atom is -0.329 e. The molecule has 0 aliphatic heterocycles. The second-order valence-electron chi connectivity index (χ2n) is 5.80. The lowest BCUT2D eigenvalue weighted by molar-refractivity contribution is 0.247. The first-order chi connectivity index (χ1) is 9.13. The summed E-state index contributed by atoms with van der Waals surface area (Å²) in [5.74, 6) is 0.836. The van der Waals surface area contributed by atoms with Gasteiger partial charge in [0.15, 0.2) is 0 Å². The van der Waals surface area contributed by atoms with Gasteiger partial charge in [-0.15, -0.1) is 11.3 Å². The van der Waals surface area contributed by atoms with Crippen LogP contribution in [-0.4, -0.2) is 11.5 Å². The number of hydrogen-bond donors (Lipinski definition) is 1. The molecule has 1 aliphatic rings. The van der Waals surface area contributed by atoms with Gasteiger partial charge in [0.1, 0.15) is 5.01 Å². The van der Waals surface area contributed by atoms with Crippen LogP contribution < -0.4 is 5.73 Å². The third kappa shape index (κ3) is 2.46. The zero-order valence-electron chi connectivity index (χ0n) is 11.2. The maximum Gasteiger partial charge on any atom is 0.101 e. The predicted octanol–water partition coefficient (Wildman–Crippen LogP) is 4.47. The molecule has 1 aromatic carbocycles. The van der Waals surface area contributed by atoms with Gasteiger partial charge in [0.25, 0.3) is 0 Å². The van der Waals surface area contributed by atoms with Gasteiger partial charge in [0.05, 0.1) is 10.2 Å². The number of fused-ring (bicyclic) bond motifs is 1. The molecule has 0 bridgehead atoms. The van der Waals surface area contributed by atoms with E-state index in [1.54, 1.807) is 0 Å². The Labute approximate surface area is 126 Å². The number of nitrogens with zero attached hydrogens (tertiary/aromatic N) is 1. The zero-order chi connectivity index (χ0) is 13.5. The first-order valence-corrected chi connectivity index (χ1v) is 8.50. The second kappa shape index (κ2) is 5.15. The van der Waals surface area contributed by atoms with Crippen molar-refractivity contribution in [1.29, 1.82) is 0 Å². The Morgan fingerprint density at radius 2 is 2.16 bits per heavy atom. The van der Waals surface area contributed by atoms with E-state index in [9.17, 15) is 0 Å². The van der Waals surface area contributed by atoms with E-state index in [1.807, 2.05) is 11.3 Å². The minimum absolute atomic E-state index is 0.128. The Hall–Kier alpha value is -0.450. The highest BCUT2D eigenvalue weighted by Gasteiger charge is 2.37. The molecule has 0 atom stereocenters. The highest BCUT2D eigenvalue weighted by atomic mass is 79.9. The Kier molecular flexibility index (Phi) is 3.67. The fraction of sp³-hybridized carbons (Fsp3) is 0.533. The minimum atomic E-state index is 0.128. The molecule has 2 aromatic rings. The van der Waals surface area contributed by atoms with Gasteiger partial charge in [-0.25, -0.2) is 4.98 Å². The van der Waals surface area contributed by atoms with Crippen molar-refractivity contribution in [2.75, 3.05) is 6.54 Å². The van der Waals surface area contributed by atoms with Crippen molar-refractivity contribution in [1.82, 2.24) is 4.98 Å². The summed E-state index contributed by atoms with van der Waals surface area (Å²) < 4.78 is 2.38. The molecule has 0 unspecified atom stereocenters. The quantitative estimate of drug-likeness (QED) is 0.877. The van der Waals surface area contributed by atoms with Gasteiger partial charge in [0.2, 0.25) is 0 Å². The fourth-order valence-electron chi connectivity index (χ4n) is 2.95. The molecule has 0 saturated heterocycles. The topological polar surface area (TPSA) is 38.9 Å². The van der Waals surface area contributed by atoms with E-state index in [4.69, 9.17) is 10.7 Å². The zero-order valence-corrected chi connectivity index (χ0v) is 13.6. The van der Waals surface area contributed by atoms with Gasteiger partial charge in [-0.05, 0) is 49.8 Å². The van der Waals surface area contributed by atoms with Crippen molar-refractivity contribution in [3.8, 4) is 0 Å². The average Bonchev–Trinajstić information content (AvgIpc) is 2.83. The molecule has 2 nitrogen and oxygen atoms in total. The lowest BCUT2D eigenvalue weighted by Crippen LogP contribution is -2.38. The molecule has 1 saturated carbocycles. The van der Waals surface area contributed by atoms with Gasteiger partial charge in [0, 0.05) is 16.4 Å². The fourth-order valence-corrected chi connectivity index (χ4v) is 4.72. The Balaban J connectivity index is 2.01. The lowest BCUT2D eigenvalue weighted by atomic mass is 9.71. The Morgan fingerprint density at radius 3 is 2.84 bits per heavy atom. The van der Waals surface area contributed by atoms with Crippen molar-refractivity contribution in [2.45, 2.75) is 38.0 Å². The average molecular weight is 339 g/mol. The molecule has 1 aliphatic carbocycles. The van der Waals surface area contributed by atoms with Crippen LogP contribution in [0.5, 0.6) is 0 Å². The summed E-state index contributed by atoms with van der Waals surface area (Å²) in [6.07, 6.45) is 4.92. The second-order valence-corrected chi connectivity index (χ2v) is 7.74. The van der Waals surface area contributed by atoms with Crippen molar-refractivity contribution in [3.05, 3.63) is 27.7 Å². The van der Waals surface area contributed by atoms with Crippen LogP contribution in [-0.2, 0) is 5.41 Å². The predicted molar refractivity (Wildman–Crippen MR) is 85.7 cm³/mol. The number of thiazole rings is 1. The number of aromatic nitrogens is 1. The summed E-state index contributed by atoms with van der Waals surface area (Å²) in [5, 5.41) is 1.25. The highest BCUT2D eigenvalue weighted by Crippen LogP contribution is 2.43. The Morgan fingerprint density at radius 1 is 1.42 bits per heavy atom.